The van der Waals surface area contributed by atoms with Crippen molar-refractivity contribution in [2.45, 2.75) is 18.8 Å². The largest absolute Gasteiger partial charge is 0.304 e. The predicted octanol–water partition coefficient (Wildman–Crippen LogP) is 5.35. The first-order chi connectivity index (χ1) is 8.66. The fourth-order valence-electron chi connectivity index (χ4n) is 2.47. The van der Waals surface area contributed by atoms with Gasteiger partial charge in [-0.15, -0.1) is 11.3 Å². The van der Waals surface area contributed by atoms with Gasteiger partial charge in [0, 0.05) is 11.6 Å². The molecule has 0 amide bonds. The van der Waals surface area contributed by atoms with Crippen LogP contribution in [0.25, 0.3) is 0 Å². The van der Waals surface area contributed by atoms with Crippen LogP contribution in [-0.2, 0) is 0 Å². The molecule has 1 nitrogen and oxygen atoms in total. The Morgan fingerprint density at radius 3 is 2.78 bits per heavy atom. The minimum Gasteiger partial charge on any atom is -0.304 e. The smallest absolute Gasteiger partial charge is 0.0595 e. The number of thiophene rings is 1. The van der Waals surface area contributed by atoms with Crippen molar-refractivity contribution >= 4 is 40.3 Å². The Labute approximate surface area is 120 Å². The van der Waals surface area contributed by atoms with Gasteiger partial charge in [0.25, 0.3) is 0 Å². The quantitative estimate of drug-likeness (QED) is 0.733. The Balaban J connectivity index is 2.06. The topological polar surface area (TPSA) is 23.9 Å². The zero-order valence-corrected chi connectivity index (χ0v) is 11.9. The molecule has 0 aliphatic heterocycles. The molecule has 1 heterocycles. The number of rotatable bonds is 1. The first-order valence-corrected chi connectivity index (χ1v) is 7.40. The average molecular weight is 296 g/mol. The van der Waals surface area contributed by atoms with Gasteiger partial charge in [0.1, 0.15) is 0 Å². The maximum atomic E-state index is 7.98. The first-order valence-electron chi connectivity index (χ1n) is 5.77. The molecule has 0 saturated carbocycles. The lowest BCUT2D eigenvalue weighted by Gasteiger charge is -2.23. The van der Waals surface area contributed by atoms with Crippen LogP contribution in [0.5, 0.6) is 0 Å². The van der Waals surface area contributed by atoms with Crippen LogP contribution in [0, 0.1) is 5.41 Å². The van der Waals surface area contributed by atoms with Gasteiger partial charge in [-0.05, 0) is 47.5 Å². The van der Waals surface area contributed by atoms with E-state index in [0.29, 0.717) is 16.0 Å². The molecule has 0 fully saturated rings. The molecule has 0 radical (unpaired) electrons. The van der Waals surface area contributed by atoms with E-state index in [0.717, 1.165) is 23.4 Å². The van der Waals surface area contributed by atoms with E-state index in [1.807, 2.05) is 18.2 Å². The first kappa shape index (κ1) is 12.2. The van der Waals surface area contributed by atoms with Gasteiger partial charge < -0.3 is 5.41 Å². The van der Waals surface area contributed by atoms with Crippen molar-refractivity contribution in [2.75, 3.05) is 0 Å². The van der Waals surface area contributed by atoms with Crippen molar-refractivity contribution in [2.24, 2.45) is 0 Å². The fraction of sp³-hybridized carbons (Fsp3) is 0.214. The Kier molecular flexibility index (Phi) is 3.18. The van der Waals surface area contributed by atoms with Crippen LogP contribution in [0.4, 0.5) is 0 Å². The van der Waals surface area contributed by atoms with E-state index in [-0.39, 0.29) is 0 Å². The van der Waals surface area contributed by atoms with Gasteiger partial charge in [0.2, 0.25) is 0 Å². The molecule has 0 spiro atoms. The molecule has 1 unspecified atom stereocenters. The minimum atomic E-state index is 0.343. The molecular weight excluding hydrogens is 285 g/mol. The zero-order chi connectivity index (χ0) is 12.7. The lowest BCUT2D eigenvalue weighted by atomic mass is 9.82. The van der Waals surface area contributed by atoms with E-state index >= 15 is 0 Å². The maximum Gasteiger partial charge on any atom is 0.0595 e. The van der Waals surface area contributed by atoms with Crippen LogP contribution in [0.2, 0.25) is 10.0 Å². The molecule has 1 atom stereocenters. The third-order valence-electron chi connectivity index (χ3n) is 3.37. The van der Waals surface area contributed by atoms with Crippen LogP contribution in [-0.4, -0.2) is 5.71 Å². The molecule has 18 heavy (non-hydrogen) atoms. The number of hydrogen-bond acceptors (Lipinski definition) is 2. The molecule has 92 valence electrons. The molecule has 0 saturated heterocycles. The van der Waals surface area contributed by atoms with Crippen molar-refractivity contribution in [3.63, 3.8) is 0 Å². The van der Waals surface area contributed by atoms with Crippen molar-refractivity contribution in [3.8, 4) is 0 Å². The van der Waals surface area contributed by atoms with Crippen molar-refractivity contribution in [1.29, 1.82) is 5.41 Å². The second kappa shape index (κ2) is 4.69. The van der Waals surface area contributed by atoms with Gasteiger partial charge in [-0.1, -0.05) is 29.3 Å². The summed E-state index contributed by atoms with van der Waals surface area (Å²) in [6, 6.07) is 7.96. The van der Waals surface area contributed by atoms with Crippen LogP contribution >= 0.6 is 34.5 Å². The molecular formula is C14H11Cl2NS. The van der Waals surface area contributed by atoms with Crippen LogP contribution in [0.1, 0.15) is 34.8 Å². The summed E-state index contributed by atoms with van der Waals surface area (Å²) >= 11 is 13.7. The van der Waals surface area contributed by atoms with E-state index in [1.165, 1.54) is 11.1 Å². The van der Waals surface area contributed by atoms with Gasteiger partial charge in [0.15, 0.2) is 0 Å². The summed E-state index contributed by atoms with van der Waals surface area (Å²) in [5.74, 6) is 0.343. The second-order valence-electron chi connectivity index (χ2n) is 4.45. The molecule has 1 aromatic heterocycles. The maximum absolute atomic E-state index is 7.98. The highest BCUT2D eigenvalue weighted by Gasteiger charge is 2.26. The molecule has 4 heteroatoms. The van der Waals surface area contributed by atoms with Crippen molar-refractivity contribution < 1.29 is 0 Å². The highest BCUT2D eigenvalue weighted by atomic mass is 35.5. The summed E-state index contributed by atoms with van der Waals surface area (Å²) in [6.45, 7) is 0. The number of benzene rings is 1. The monoisotopic (exact) mass is 295 g/mol. The third-order valence-corrected chi connectivity index (χ3v) is 5.10. The van der Waals surface area contributed by atoms with Crippen LogP contribution in [0.15, 0.2) is 29.6 Å². The summed E-state index contributed by atoms with van der Waals surface area (Å²) in [4.78, 5) is 1.12. The van der Waals surface area contributed by atoms with Crippen LogP contribution < -0.4 is 0 Å². The van der Waals surface area contributed by atoms with Gasteiger partial charge in [-0.2, -0.15) is 0 Å². The van der Waals surface area contributed by atoms with E-state index in [9.17, 15) is 0 Å². The Bertz CT molecular complexity index is 618. The molecule has 1 aliphatic rings. The highest BCUT2D eigenvalue weighted by molar-refractivity contribution is 7.12. The van der Waals surface area contributed by atoms with E-state index in [4.69, 9.17) is 28.6 Å². The highest BCUT2D eigenvalue weighted by Crippen LogP contribution is 2.40. The van der Waals surface area contributed by atoms with Gasteiger partial charge in [0.05, 0.1) is 14.9 Å². The van der Waals surface area contributed by atoms with E-state index in [1.54, 1.807) is 11.3 Å². The Morgan fingerprint density at radius 1 is 1.17 bits per heavy atom. The lowest BCUT2D eigenvalue weighted by molar-refractivity contribution is 0.726. The standard InChI is InChI=1S/C14H11Cl2NS/c15-11-3-1-8(7-12(11)16)9-2-4-13(17)14-10(9)5-6-18-14/h1,3,5-7,9,17H,2,4H2. The SMILES string of the molecule is N=C1CCC(c2ccc(Cl)c(Cl)c2)c2ccsc21. The summed E-state index contributed by atoms with van der Waals surface area (Å²) in [5, 5.41) is 11.2. The van der Waals surface area contributed by atoms with Gasteiger partial charge in [-0.25, -0.2) is 0 Å². The number of halogens is 2. The van der Waals surface area contributed by atoms with Gasteiger partial charge >= 0.3 is 0 Å². The number of fused-ring (bicyclic) bond motifs is 1. The third kappa shape index (κ3) is 1.99. The molecule has 1 aliphatic carbocycles. The van der Waals surface area contributed by atoms with Crippen LogP contribution in [0.3, 0.4) is 0 Å². The Morgan fingerprint density at radius 2 is 2.00 bits per heavy atom. The Hall–Kier alpha value is -0.830. The average Bonchev–Trinajstić information content (AvgIpc) is 2.83. The van der Waals surface area contributed by atoms with Crippen molar-refractivity contribution in [1.82, 2.24) is 0 Å². The minimum absolute atomic E-state index is 0.343. The van der Waals surface area contributed by atoms with Crippen molar-refractivity contribution in [3.05, 3.63) is 55.7 Å². The zero-order valence-electron chi connectivity index (χ0n) is 9.54. The lowest BCUT2D eigenvalue weighted by Crippen LogP contribution is -2.14. The second-order valence-corrected chi connectivity index (χ2v) is 6.18. The molecule has 3 rings (SSSR count). The summed E-state index contributed by atoms with van der Waals surface area (Å²) < 4.78 is 0. The van der Waals surface area contributed by atoms with Gasteiger partial charge in [-0.3, -0.25) is 0 Å². The molecule has 1 N–H and O–H groups in total. The number of nitrogens with one attached hydrogen (secondary N) is 1. The van der Waals surface area contributed by atoms with E-state index in [2.05, 4.69) is 11.4 Å². The fourth-order valence-corrected chi connectivity index (χ4v) is 3.72. The molecule has 2 aromatic rings. The normalized spacial score (nSPS) is 18.8. The summed E-state index contributed by atoms with van der Waals surface area (Å²) in [5.41, 5.74) is 3.21. The molecule has 1 aromatic carbocycles. The summed E-state index contributed by atoms with van der Waals surface area (Å²) in [7, 11) is 0. The molecule has 0 bridgehead atoms. The number of hydrogen-bond donors (Lipinski definition) is 1. The predicted molar refractivity (Wildman–Crippen MR) is 78.7 cm³/mol. The summed E-state index contributed by atoms with van der Waals surface area (Å²) in [6.07, 6.45) is 1.80. The van der Waals surface area contributed by atoms with E-state index < -0.39 is 0 Å².